The second-order valence-electron chi connectivity index (χ2n) is 3.52. The van der Waals surface area contributed by atoms with Crippen LogP contribution in [0.3, 0.4) is 0 Å². The van der Waals surface area contributed by atoms with Crippen molar-refractivity contribution in [1.29, 1.82) is 0 Å². The second kappa shape index (κ2) is 5.88. The number of thiocarbonyl (C=S) groups is 1. The van der Waals surface area contributed by atoms with Crippen LogP contribution in [-0.4, -0.2) is 15.0 Å². The van der Waals surface area contributed by atoms with Gasteiger partial charge in [0.2, 0.25) is 5.88 Å². The van der Waals surface area contributed by atoms with Crippen LogP contribution < -0.4 is 10.5 Å². The third-order valence-electron chi connectivity index (χ3n) is 2.18. The normalized spacial score (nSPS) is 10.1. The van der Waals surface area contributed by atoms with E-state index in [4.69, 9.17) is 22.7 Å². The minimum Gasteiger partial charge on any atom is -0.472 e. The summed E-state index contributed by atoms with van der Waals surface area (Å²) in [5.74, 6) is 0.443. The fourth-order valence-electron chi connectivity index (χ4n) is 1.26. The fraction of sp³-hybridized carbons (Fsp3) is 0.0833. The van der Waals surface area contributed by atoms with E-state index < -0.39 is 0 Å². The Morgan fingerprint density at radius 2 is 1.94 bits per heavy atom. The van der Waals surface area contributed by atoms with Crippen LogP contribution >= 0.6 is 28.1 Å². The minimum absolute atomic E-state index is 0.224. The smallest absolute Gasteiger partial charge is 0.232 e. The molecule has 0 spiro atoms. The molecule has 0 amide bonds. The van der Waals surface area contributed by atoms with Gasteiger partial charge in [-0.15, -0.1) is 0 Å². The number of ether oxygens (including phenoxy) is 1. The molecular weight excluding hydrogens is 314 g/mol. The zero-order valence-corrected chi connectivity index (χ0v) is 11.7. The first-order valence-corrected chi connectivity index (χ1v) is 6.34. The van der Waals surface area contributed by atoms with Crippen molar-refractivity contribution in [2.75, 3.05) is 0 Å². The van der Waals surface area contributed by atoms with E-state index in [0.29, 0.717) is 18.2 Å². The van der Waals surface area contributed by atoms with Crippen LogP contribution in [0.1, 0.15) is 11.3 Å². The maximum Gasteiger partial charge on any atom is 0.232 e. The first-order chi connectivity index (χ1) is 8.65. The van der Waals surface area contributed by atoms with Crippen molar-refractivity contribution in [1.82, 2.24) is 9.97 Å². The van der Waals surface area contributed by atoms with Crippen molar-refractivity contribution in [3.8, 4) is 5.88 Å². The fourth-order valence-corrected chi connectivity index (χ4v) is 1.63. The summed E-state index contributed by atoms with van der Waals surface area (Å²) < 4.78 is 6.53. The zero-order valence-electron chi connectivity index (χ0n) is 9.34. The molecule has 0 aliphatic rings. The molecule has 1 heterocycles. The molecule has 18 heavy (non-hydrogen) atoms. The molecule has 0 unspecified atom stereocenters. The first-order valence-electron chi connectivity index (χ1n) is 5.14. The Labute approximate surface area is 118 Å². The number of halogens is 1. The molecule has 2 rings (SSSR count). The van der Waals surface area contributed by atoms with Gasteiger partial charge in [-0.05, 0) is 17.7 Å². The third kappa shape index (κ3) is 3.48. The Balaban J connectivity index is 1.97. The standard InChI is InChI=1S/C12H10BrN3OS/c13-9-3-1-8(2-4-9)7-17-11-6-15-10(5-16-11)12(14)18/h1-6H,7H2,(H2,14,18). The van der Waals surface area contributed by atoms with Gasteiger partial charge < -0.3 is 10.5 Å². The highest BCUT2D eigenvalue weighted by Crippen LogP contribution is 2.12. The quantitative estimate of drug-likeness (QED) is 0.876. The third-order valence-corrected chi connectivity index (χ3v) is 2.92. The lowest BCUT2D eigenvalue weighted by molar-refractivity contribution is 0.292. The molecule has 2 N–H and O–H groups in total. The van der Waals surface area contributed by atoms with Crippen molar-refractivity contribution in [3.05, 3.63) is 52.4 Å². The van der Waals surface area contributed by atoms with E-state index >= 15 is 0 Å². The number of hydrogen-bond donors (Lipinski definition) is 1. The van der Waals surface area contributed by atoms with Gasteiger partial charge in [-0.1, -0.05) is 40.3 Å². The maximum absolute atomic E-state index is 5.49. The SMILES string of the molecule is NC(=S)c1cnc(OCc2ccc(Br)cc2)cn1. The molecule has 1 aromatic heterocycles. The number of rotatable bonds is 4. The number of hydrogen-bond acceptors (Lipinski definition) is 4. The van der Waals surface area contributed by atoms with Gasteiger partial charge in [0.05, 0.1) is 12.4 Å². The molecule has 0 saturated carbocycles. The highest BCUT2D eigenvalue weighted by Gasteiger charge is 2.01. The van der Waals surface area contributed by atoms with E-state index in [9.17, 15) is 0 Å². The lowest BCUT2D eigenvalue weighted by Gasteiger charge is -2.05. The van der Waals surface area contributed by atoms with Gasteiger partial charge in [-0.25, -0.2) is 9.97 Å². The molecule has 0 aliphatic carbocycles. The number of benzene rings is 1. The van der Waals surface area contributed by atoms with Crippen LogP contribution in [0.5, 0.6) is 5.88 Å². The zero-order chi connectivity index (χ0) is 13.0. The molecule has 0 aliphatic heterocycles. The van der Waals surface area contributed by atoms with Crippen molar-refractivity contribution < 1.29 is 4.74 Å². The van der Waals surface area contributed by atoms with Gasteiger partial charge in [0.15, 0.2) is 0 Å². The number of aromatic nitrogens is 2. The maximum atomic E-state index is 5.49. The van der Waals surface area contributed by atoms with Crippen molar-refractivity contribution in [3.63, 3.8) is 0 Å². The van der Waals surface area contributed by atoms with E-state index in [2.05, 4.69) is 25.9 Å². The average molecular weight is 324 g/mol. The van der Waals surface area contributed by atoms with E-state index in [-0.39, 0.29) is 4.99 Å². The number of nitrogens with zero attached hydrogens (tertiary/aromatic N) is 2. The summed E-state index contributed by atoms with van der Waals surface area (Å²) in [6.07, 6.45) is 3.01. The Kier molecular flexibility index (Phi) is 4.22. The summed E-state index contributed by atoms with van der Waals surface area (Å²) in [6, 6.07) is 7.86. The summed E-state index contributed by atoms with van der Waals surface area (Å²) >= 11 is 8.16. The van der Waals surface area contributed by atoms with Crippen molar-refractivity contribution in [2.45, 2.75) is 6.61 Å². The van der Waals surface area contributed by atoms with Crippen LogP contribution in [0, 0.1) is 0 Å². The predicted molar refractivity (Wildman–Crippen MR) is 76.4 cm³/mol. The molecule has 1 aromatic carbocycles. The Bertz CT molecular complexity index is 542. The Morgan fingerprint density at radius 1 is 1.22 bits per heavy atom. The summed E-state index contributed by atoms with van der Waals surface area (Å²) in [6.45, 7) is 0.439. The molecule has 0 fully saturated rings. The van der Waals surface area contributed by atoms with E-state index in [0.717, 1.165) is 10.0 Å². The summed E-state index contributed by atoms with van der Waals surface area (Å²) in [5, 5.41) is 0. The second-order valence-corrected chi connectivity index (χ2v) is 4.87. The highest BCUT2D eigenvalue weighted by molar-refractivity contribution is 9.10. The van der Waals surface area contributed by atoms with Gasteiger partial charge in [0.1, 0.15) is 17.3 Å². The number of nitrogens with two attached hydrogens (primary N) is 1. The molecule has 4 nitrogen and oxygen atoms in total. The van der Waals surface area contributed by atoms with Crippen LogP contribution in [0.15, 0.2) is 41.1 Å². The predicted octanol–water partition coefficient (Wildman–Crippen LogP) is 2.45. The van der Waals surface area contributed by atoms with E-state index in [1.54, 1.807) is 0 Å². The monoisotopic (exact) mass is 323 g/mol. The van der Waals surface area contributed by atoms with Crippen LogP contribution in [0.4, 0.5) is 0 Å². The molecule has 0 bridgehead atoms. The summed E-state index contributed by atoms with van der Waals surface area (Å²) in [7, 11) is 0. The van der Waals surface area contributed by atoms with Gasteiger partial charge >= 0.3 is 0 Å². The largest absolute Gasteiger partial charge is 0.472 e. The Morgan fingerprint density at radius 3 is 2.50 bits per heavy atom. The molecular formula is C12H10BrN3OS. The van der Waals surface area contributed by atoms with Crippen molar-refractivity contribution >= 4 is 33.1 Å². The topological polar surface area (TPSA) is 61.0 Å². The van der Waals surface area contributed by atoms with Crippen LogP contribution in [-0.2, 0) is 6.61 Å². The molecule has 92 valence electrons. The summed E-state index contributed by atoms with van der Waals surface area (Å²) in [5.41, 5.74) is 6.97. The molecule has 6 heteroatoms. The molecule has 0 saturated heterocycles. The van der Waals surface area contributed by atoms with Gasteiger partial charge in [0.25, 0.3) is 0 Å². The highest BCUT2D eigenvalue weighted by atomic mass is 79.9. The Hall–Kier alpha value is -1.53. The summed E-state index contributed by atoms with van der Waals surface area (Å²) in [4.78, 5) is 8.34. The lowest BCUT2D eigenvalue weighted by Crippen LogP contribution is -2.12. The molecule has 2 aromatic rings. The lowest BCUT2D eigenvalue weighted by atomic mass is 10.2. The van der Waals surface area contributed by atoms with Crippen LogP contribution in [0.25, 0.3) is 0 Å². The molecule has 0 atom stereocenters. The van der Waals surface area contributed by atoms with Crippen LogP contribution in [0.2, 0.25) is 0 Å². The molecule has 0 radical (unpaired) electrons. The van der Waals surface area contributed by atoms with Gasteiger partial charge in [-0.2, -0.15) is 0 Å². The van der Waals surface area contributed by atoms with Gasteiger partial charge in [0, 0.05) is 4.47 Å². The van der Waals surface area contributed by atoms with E-state index in [1.807, 2.05) is 24.3 Å². The first kappa shape index (κ1) is 12.9. The van der Waals surface area contributed by atoms with Gasteiger partial charge in [-0.3, -0.25) is 0 Å². The van der Waals surface area contributed by atoms with Crippen molar-refractivity contribution in [2.24, 2.45) is 5.73 Å². The average Bonchev–Trinajstić information content (AvgIpc) is 2.38. The minimum atomic E-state index is 0.224. The van der Waals surface area contributed by atoms with E-state index in [1.165, 1.54) is 12.4 Å².